The van der Waals surface area contributed by atoms with Crippen LogP contribution in [0.5, 0.6) is 11.5 Å². The van der Waals surface area contributed by atoms with Crippen LogP contribution in [0.2, 0.25) is 0 Å². The first kappa shape index (κ1) is 18.5. The number of para-hydroxylation sites is 2. The Kier molecular flexibility index (Phi) is 6.57. The Labute approximate surface area is 148 Å². The zero-order valence-electron chi connectivity index (χ0n) is 14.7. The Morgan fingerprint density at radius 1 is 1.04 bits per heavy atom. The van der Waals surface area contributed by atoms with E-state index < -0.39 is 0 Å². The Morgan fingerprint density at radius 3 is 2.52 bits per heavy atom. The van der Waals surface area contributed by atoms with Crippen LogP contribution in [0.1, 0.15) is 37.0 Å². The molecule has 1 amide bonds. The number of hydrogen-bond donors (Lipinski definition) is 1. The fourth-order valence-corrected chi connectivity index (χ4v) is 2.31. The number of benzene rings is 2. The first-order valence-electron chi connectivity index (χ1n) is 8.22. The molecule has 1 N–H and O–H groups in total. The first-order valence-corrected chi connectivity index (χ1v) is 8.22. The third-order valence-electron chi connectivity index (χ3n) is 3.49. The van der Waals surface area contributed by atoms with Crippen LogP contribution in [0.3, 0.4) is 0 Å². The number of Topliss-reactive ketones (excluding diaryl/α,β-unsaturated/α-hetero) is 1. The summed E-state index contributed by atoms with van der Waals surface area (Å²) in [4.78, 5) is 24.4. The summed E-state index contributed by atoms with van der Waals surface area (Å²) >= 11 is 0. The summed E-state index contributed by atoms with van der Waals surface area (Å²) in [5.41, 5.74) is 1.14. The minimum absolute atomic E-state index is 0.00712. The summed E-state index contributed by atoms with van der Waals surface area (Å²) in [7, 11) is 1.55. The molecule has 0 unspecified atom stereocenters. The Morgan fingerprint density at radius 2 is 1.80 bits per heavy atom. The van der Waals surface area contributed by atoms with Crippen LogP contribution >= 0.6 is 0 Å². The van der Waals surface area contributed by atoms with Crippen molar-refractivity contribution in [1.82, 2.24) is 0 Å². The lowest BCUT2D eigenvalue weighted by Crippen LogP contribution is -2.15. The number of hydrogen-bond acceptors (Lipinski definition) is 4. The lowest BCUT2D eigenvalue weighted by Gasteiger charge is -2.14. The van der Waals surface area contributed by atoms with Gasteiger partial charge in [-0.2, -0.15) is 0 Å². The molecule has 2 aromatic carbocycles. The molecule has 0 atom stereocenters. The van der Waals surface area contributed by atoms with Crippen molar-refractivity contribution in [3.05, 3.63) is 54.1 Å². The van der Waals surface area contributed by atoms with Gasteiger partial charge in [0.05, 0.1) is 18.9 Å². The second kappa shape index (κ2) is 8.87. The van der Waals surface area contributed by atoms with Gasteiger partial charge in [-0.15, -0.1) is 0 Å². The zero-order valence-corrected chi connectivity index (χ0v) is 14.7. The number of ketones is 1. The molecule has 0 aromatic heterocycles. The van der Waals surface area contributed by atoms with Crippen molar-refractivity contribution in [3.8, 4) is 11.5 Å². The number of rotatable bonds is 8. The third kappa shape index (κ3) is 5.64. The summed E-state index contributed by atoms with van der Waals surface area (Å²) in [6.07, 6.45) is 0.242. The van der Waals surface area contributed by atoms with Crippen molar-refractivity contribution in [2.45, 2.75) is 32.8 Å². The van der Waals surface area contributed by atoms with E-state index in [4.69, 9.17) is 9.47 Å². The molecule has 2 rings (SSSR count). The number of methoxy groups -OCH3 is 1. The van der Waals surface area contributed by atoms with Gasteiger partial charge in [0.15, 0.2) is 5.78 Å². The highest BCUT2D eigenvalue weighted by atomic mass is 16.5. The fraction of sp³-hybridized carbons (Fsp3) is 0.300. The maximum absolute atomic E-state index is 12.2. The van der Waals surface area contributed by atoms with Crippen LogP contribution < -0.4 is 14.8 Å². The zero-order chi connectivity index (χ0) is 18.2. The van der Waals surface area contributed by atoms with Gasteiger partial charge in [-0.3, -0.25) is 9.59 Å². The van der Waals surface area contributed by atoms with Gasteiger partial charge in [-0.25, -0.2) is 0 Å². The van der Waals surface area contributed by atoms with E-state index in [1.54, 1.807) is 43.5 Å². The molecule has 2 aromatic rings. The Bertz CT molecular complexity index is 740. The van der Waals surface area contributed by atoms with Gasteiger partial charge >= 0.3 is 0 Å². The number of nitrogens with one attached hydrogen (secondary N) is 1. The van der Waals surface area contributed by atoms with Crippen molar-refractivity contribution < 1.29 is 19.1 Å². The number of amides is 1. The van der Waals surface area contributed by atoms with Crippen molar-refractivity contribution in [2.75, 3.05) is 12.4 Å². The minimum atomic E-state index is -0.226. The highest BCUT2D eigenvalue weighted by Gasteiger charge is 2.12. The quantitative estimate of drug-likeness (QED) is 0.735. The van der Waals surface area contributed by atoms with Gasteiger partial charge in [0, 0.05) is 18.4 Å². The van der Waals surface area contributed by atoms with Gasteiger partial charge in [-0.1, -0.05) is 24.3 Å². The van der Waals surface area contributed by atoms with Crippen LogP contribution in [0.15, 0.2) is 48.5 Å². The highest BCUT2D eigenvalue weighted by Crippen LogP contribution is 2.25. The van der Waals surface area contributed by atoms with Crippen molar-refractivity contribution >= 4 is 17.4 Å². The van der Waals surface area contributed by atoms with Gasteiger partial charge in [0.1, 0.15) is 11.5 Å². The summed E-state index contributed by atoms with van der Waals surface area (Å²) < 4.78 is 10.8. The van der Waals surface area contributed by atoms with Crippen LogP contribution in [0, 0.1) is 0 Å². The smallest absolute Gasteiger partial charge is 0.224 e. The van der Waals surface area contributed by atoms with Crippen molar-refractivity contribution in [1.29, 1.82) is 0 Å². The van der Waals surface area contributed by atoms with Gasteiger partial charge in [-0.05, 0) is 38.1 Å². The Balaban J connectivity index is 1.93. The van der Waals surface area contributed by atoms with Crippen LogP contribution in [0.4, 0.5) is 5.69 Å². The molecule has 132 valence electrons. The fourth-order valence-electron chi connectivity index (χ4n) is 2.31. The second-order valence-corrected chi connectivity index (χ2v) is 5.87. The molecule has 0 aliphatic carbocycles. The molecule has 0 fully saturated rings. The summed E-state index contributed by atoms with van der Waals surface area (Å²) in [5, 5.41) is 2.80. The average molecular weight is 341 g/mol. The number of carbonyl (C=O) groups excluding carboxylic acids is 2. The highest BCUT2D eigenvalue weighted by molar-refractivity contribution is 6.00. The molecule has 0 aliphatic heterocycles. The maximum Gasteiger partial charge on any atom is 0.224 e. The first-order chi connectivity index (χ1) is 12.0. The van der Waals surface area contributed by atoms with Crippen LogP contribution in [-0.4, -0.2) is 24.9 Å². The molecule has 0 radical (unpaired) electrons. The van der Waals surface area contributed by atoms with Crippen LogP contribution in [-0.2, 0) is 4.79 Å². The van der Waals surface area contributed by atoms with E-state index in [0.717, 1.165) is 0 Å². The predicted octanol–water partition coefficient (Wildman–Crippen LogP) is 4.08. The maximum atomic E-state index is 12.2. The largest absolute Gasteiger partial charge is 0.497 e. The average Bonchev–Trinajstić information content (AvgIpc) is 2.61. The van der Waals surface area contributed by atoms with E-state index >= 15 is 0 Å². The van der Waals surface area contributed by atoms with E-state index in [1.807, 2.05) is 26.0 Å². The van der Waals surface area contributed by atoms with E-state index in [0.29, 0.717) is 22.7 Å². The number of carbonyl (C=O) groups is 2. The monoisotopic (exact) mass is 341 g/mol. The Hall–Kier alpha value is -2.82. The van der Waals surface area contributed by atoms with Gasteiger partial charge < -0.3 is 14.8 Å². The number of ether oxygens (including phenoxy) is 2. The predicted molar refractivity (Wildman–Crippen MR) is 97.4 cm³/mol. The summed E-state index contributed by atoms with van der Waals surface area (Å²) in [6, 6.07) is 14.2. The molecule has 0 aliphatic rings. The van der Waals surface area contributed by atoms with Crippen molar-refractivity contribution in [3.63, 3.8) is 0 Å². The molecule has 0 saturated heterocycles. The topological polar surface area (TPSA) is 64.6 Å². The molecule has 0 spiro atoms. The minimum Gasteiger partial charge on any atom is -0.497 e. The molecule has 0 saturated carbocycles. The standard InChI is InChI=1S/C20H23NO4/c1-14(2)25-19-10-5-4-9-17(19)21-20(23)12-11-18(22)15-7-6-8-16(13-15)24-3/h4-10,13-14H,11-12H2,1-3H3,(H,21,23). The molecule has 0 heterocycles. The normalized spacial score (nSPS) is 10.4. The number of anilines is 1. The van der Waals surface area contributed by atoms with E-state index in [9.17, 15) is 9.59 Å². The molecule has 25 heavy (non-hydrogen) atoms. The molecule has 5 nitrogen and oxygen atoms in total. The third-order valence-corrected chi connectivity index (χ3v) is 3.49. The lowest BCUT2D eigenvalue weighted by atomic mass is 10.1. The van der Waals surface area contributed by atoms with Gasteiger partial charge in [0.2, 0.25) is 5.91 Å². The van der Waals surface area contributed by atoms with Crippen molar-refractivity contribution in [2.24, 2.45) is 0 Å². The summed E-state index contributed by atoms with van der Waals surface area (Å²) in [6.45, 7) is 3.84. The van der Waals surface area contributed by atoms with Crippen LogP contribution in [0.25, 0.3) is 0 Å². The van der Waals surface area contributed by atoms with E-state index in [-0.39, 0.29) is 30.6 Å². The van der Waals surface area contributed by atoms with E-state index in [1.165, 1.54) is 0 Å². The molecular weight excluding hydrogens is 318 g/mol. The van der Waals surface area contributed by atoms with E-state index in [2.05, 4.69) is 5.32 Å². The molecule has 5 heteroatoms. The second-order valence-electron chi connectivity index (χ2n) is 5.87. The molecular formula is C20H23NO4. The molecule has 0 bridgehead atoms. The van der Waals surface area contributed by atoms with Gasteiger partial charge in [0.25, 0.3) is 0 Å². The lowest BCUT2D eigenvalue weighted by molar-refractivity contribution is -0.116. The SMILES string of the molecule is COc1cccc(C(=O)CCC(=O)Nc2ccccc2OC(C)C)c1. The summed E-state index contributed by atoms with van der Waals surface area (Å²) in [5.74, 6) is 0.914.